The minimum absolute atomic E-state index is 0.159. The fourth-order valence-electron chi connectivity index (χ4n) is 0.941. The average Bonchev–Trinajstić information content (AvgIpc) is 1.86. The van der Waals surface area contributed by atoms with Crippen molar-refractivity contribution in [2.75, 3.05) is 12.4 Å². The van der Waals surface area contributed by atoms with Crippen molar-refractivity contribution in [3.8, 4) is 0 Å². The van der Waals surface area contributed by atoms with E-state index in [0.29, 0.717) is 11.5 Å². The van der Waals surface area contributed by atoms with Crippen molar-refractivity contribution in [3.63, 3.8) is 0 Å². The molecule has 0 N–H and O–H groups in total. The third kappa shape index (κ3) is 2.09. The first kappa shape index (κ1) is 8.84. The van der Waals surface area contributed by atoms with E-state index < -0.39 is 5.92 Å². The van der Waals surface area contributed by atoms with Gasteiger partial charge in [0.1, 0.15) is 0 Å². The number of ether oxygens (including phenoxy) is 1. The fourth-order valence-corrected chi connectivity index (χ4v) is 1.78. The maximum Gasteiger partial charge on any atom is 0.302 e. The number of hydrogen-bond acceptors (Lipinski definition) is 2. The van der Waals surface area contributed by atoms with Crippen LogP contribution in [0.3, 0.4) is 0 Å². The van der Waals surface area contributed by atoms with Gasteiger partial charge in [0.05, 0.1) is 6.61 Å². The van der Waals surface area contributed by atoms with E-state index in [1.54, 1.807) is 6.92 Å². The minimum Gasteiger partial charge on any atom is -0.490 e. The molecule has 0 radical (unpaired) electrons. The highest BCUT2D eigenvalue weighted by Gasteiger charge is 2.33. The van der Waals surface area contributed by atoms with E-state index in [4.69, 9.17) is 4.74 Å². The zero-order valence-electron chi connectivity index (χ0n) is 6.49. The van der Waals surface area contributed by atoms with Gasteiger partial charge in [0, 0.05) is 17.6 Å². The monoisotopic (exact) mass is 180 g/mol. The molecule has 0 atom stereocenters. The fraction of sp³-hybridized carbons (Fsp3) is 0.714. The van der Waals surface area contributed by atoms with Crippen molar-refractivity contribution in [1.82, 2.24) is 0 Å². The van der Waals surface area contributed by atoms with E-state index >= 15 is 0 Å². The lowest BCUT2D eigenvalue weighted by atomic mass is 10.3. The standard InChI is InChI=1S/C7H10F2OS/c1-5-6(7(2,8)9)10-3-4-11-5/h3-4H2,1-2H3. The molecule has 0 spiro atoms. The molecule has 0 saturated heterocycles. The summed E-state index contributed by atoms with van der Waals surface area (Å²) in [5, 5.41) is 0. The first-order chi connectivity index (χ1) is 5.02. The molecule has 0 bridgehead atoms. The second-order valence-electron chi connectivity index (χ2n) is 2.47. The van der Waals surface area contributed by atoms with E-state index in [1.807, 2.05) is 0 Å². The summed E-state index contributed by atoms with van der Waals surface area (Å²) in [6.07, 6.45) is 0. The normalized spacial score (nSPS) is 20.0. The Morgan fingerprint density at radius 3 is 2.55 bits per heavy atom. The number of thioether (sulfide) groups is 1. The first-order valence-electron chi connectivity index (χ1n) is 3.36. The summed E-state index contributed by atoms with van der Waals surface area (Å²) in [7, 11) is 0. The van der Waals surface area contributed by atoms with E-state index in [2.05, 4.69) is 0 Å². The molecule has 0 aliphatic carbocycles. The van der Waals surface area contributed by atoms with Crippen molar-refractivity contribution in [3.05, 3.63) is 10.7 Å². The Morgan fingerprint density at radius 2 is 2.18 bits per heavy atom. The molecule has 64 valence electrons. The summed E-state index contributed by atoms with van der Waals surface area (Å²) in [5.41, 5.74) is 0. The summed E-state index contributed by atoms with van der Waals surface area (Å²) in [6.45, 7) is 2.91. The highest BCUT2D eigenvalue weighted by molar-refractivity contribution is 8.03. The molecule has 0 aromatic carbocycles. The van der Waals surface area contributed by atoms with E-state index in [1.165, 1.54) is 11.8 Å². The molecule has 1 nitrogen and oxygen atoms in total. The van der Waals surface area contributed by atoms with Gasteiger partial charge < -0.3 is 4.74 Å². The molecule has 0 fully saturated rings. The number of hydrogen-bond donors (Lipinski definition) is 0. The maximum absolute atomic E-state index is 12.7. The summed E-state index contributed by atoms with van der Waals surface area (Å²) in [6, 6.07) is 0. The molecule has 0 aromatic rings. The van der Waals surface area contributed by atoms with Gasteiger partial charge in [0.15, 0.2) is 5.76 Å². The van der Waals surface area contributed by atoms with Crippen LogP contribution in [0.15, 0.2) is 10.7 Å². The molecule has 1 aliphatic rings. The van der Waals surface area contributed by atoms with Crippen LogP contribution >= 0.6 is 11.8 Å². The van der Waals surface area contributed by atoms with E-state index in [0.717, 1.165) is 12.7 Å². The Kier molecular flexibility index (Phi) is 2.42. The van der Waals surface area contributed by atoms with Crippen LogP contribution < -0.4 is 0 Å². The van der Waals surface area contributed by atoms with Crippen molar-refractivity contribution < 1.29 is 13.5 Å². The maximum atomic E-state index is 12.7. The number of rotatable bonds is 1. The van der Waals surface area contributed by atoms with Crippen LogP contribution in [0, 0.1) is 0 Å². The topological polar surface area (TPSA) is 9.23 Å². The Bertz CT molecular complexity index is 183. The number of halogens is 2. The van der Waals surface area contributed by atoms with Gasteiger partial charge in [-0.2, -0.15) is 8.78 Å². The number of allylic oxidation sites excluding steroid dienone is 2. The molecule has 4 heteroatoms. The van der Waals surface area contributed by atoms with E-state index in [-0.39, 0.29) is 5.76 Å². The van der Waals surface area contributed by atoms with Crippen molar-refractivity contribution >= 4 is 11.8 Å². The Hall–Kier alpha value is -0.250. The Balaban J connectivity index is 2.83. The summed E-state index contributed by atoms with van der Waals surface area (Å²) < 4.78 is 30.2. The van der Waals surface area contributed by atoms with Gasteiger partial charge in [-0.15, -0.1) is 11.8 Å². The van der Waals surface area contributed by atoms with Gasteiger partial charge >= 0.3 is 5.92 Å². The van der Waals surface area contributed by atoms with Crippen molar-refractivity contribution in [1.29, 1.82) is 0 Å². The molecular formula is C7H10F2OS. The van der Waals surface area contributed by atoms with Crippen LogP contribution in [0.2, 0.25) is 0 Å². The highest BCUT2D eigenvalue weighted by atomic mass is 32.2. The van der Waals surface area contributed by atoms with Crippen LogP contribution in [0.5, 0.6) is 0 Å². The largest absolute Gasteiger partial charge is 0.490 e. The van der Waals surface area contributed by atoms with E-state index in [9.17, 15) is 8.78 Å². The average molecular weight is 180 g/mol. The summed E-state index contributed by atoms with van der Waals surface area (Å²) in [5.74, 6) is -2.21. The zero-order valence-corrected chi connectivity index (χ0v) is 7.30. The molecule has 1 heterocycles. The van der Waals surface area contributed by atoms with Crippen molar-refractivity contribution in [2.45, 2.75) is 19.8 Å². The minimum atomic E-state index is -2.82. The summed E-state index contributed by atoms with van der Waals surface area (Å²) >= 11 is 1.43. The zero-order chi connectivity index (χ0) is 8.48. The van der Waals surface area contributed by atoms with Crippen LogP contribution in [0.25, 0.3) is 0 Å². The third-order valence-electron chi connectivity index (χ3n) is 1.37. The van der Waals surface area contributed by atoms with Gasteiger partial charge in [0.2, 0.25) is 0 Å². The second-order valence-corrected chi connectivity index (χ2v) is 3.78. The summed E-state index contributed by atoms with van der Waals surface area (Å²) in [4.78, 5) is 0.601. The SMILES string of the molecule is CC1=C(C(C)(F)F)OCCS1. The number of alkyl halides is 2. The smallest absolute Gasteiger partial charge is 0.302 e. The van der Waals surface area contributed by atoms with Gasteiger partial charge in [-0.1, -0.05) is 0 Å². The predicted octanol–water partition coefficient (Wildman–Crippen LogP) is 2.64. The molecular weight excluding hydrogens is 170 g/mol. The van der Waals surface area contributed by atoms with Crippen molar-refractivity contribution in [2.24, 2.45) is 0 Å². The van der Waals surface area contributed by atoms with Crippen LogP contribution in [-0.2, 0) is 4.74 Å². The lowest BCUT2D eigenvalue weighted by molar-refractivity contribution is -0.00459. The molecule has 0 amide bonds. The lowest BCUT2D eigenvalue weighted by Gasteiger charge is -2.22. The second kappa shape index (κ2) is 3.01. The van der Waals surface area contributed by atoms with Gasteiger partial charge in [-0.25, -0.2) is 0 Å². The molecule has 0 aromatic heterocycles. The molecule has 1 aliphatic heterocycles. The van der Waals surface area contributed by atoms with Gasteiger partial charge in [0.25, 0.3) is 0 Å². The predicted molar refractivity (Wildman–Crippen MR) is 41.7 cm³/mol. The van der Waals surface area contributed by atoms with Gasteiger partial charge in [-0.05, 0) is 6.92 Å². The van der Waals surface area contributed by atoms with Crippen LogP contribution in [0.1, 0.15) is 13.8 Å². The van der Waals surface area contributed by atoms with Crippen LogP contribution in [-0.4, -0.2) is 18.3 Å². The Labute approximate surface area is 68.8 Å². The highest BCUT2D eigenvalue weighted by Crippen LogP contribution is 2.34. The third-order valence-corrected chi connectivity index (χ3v) is 2.36. The quantitative estimate of drug-likeness (QED) is 0.613. The van der Waals surface area contributed by atoms with Gasteiger partial charge in [-0.3, -0.25) is 0 Å². The van der Waals surface area contributed by atoms with Crippen LogP contribution in [0.4, 0.5) is 8.78 Å². The molecule has 1 rings (SSSR count). The molecule has 0 unspecified atom stereocenters. The molecule has 11 heavy (non-hydrogen) atoms. The first-order valence-corrected chi connectivity index (χ1v) is 4.35. The Morgan fingerprint density at radius 1 is 1.55 bits per heavy atom. The lowest BCUT2D eigenvalue weighted by Crippen LogP contribution is -2.21. The molecule has 0 saturated carbocycles.